The number of anilines is 1. The van der Waals surface area contributed by atoms with Gasteiger partial charge in [0.2, 0.25) is 0 Å². The third-order valence-corrected chi connectivity index (χ3v) is 3.95. The van der Waals surface area contributed by atoms with Crippen LogP contribution in [0.1, 0.15) is 30.6 Å². The van der Waals surface area contributed by atoms with Crippen molar-refractivity contribution in [3.05, 3.63) is 29.8 Å². The Kier molecular flexibility index (Phi) is 4.63. The summed E-state index contributed by atoms with van der Waals surface area (Å²) >= 11 is 0. The van der Waals surface area contributed by atoms with Crippen LogP contribution in [0.5, 0.6) is 0 Å². The second-order valence-corrected chi connectivity index (χ2v) is 6.30. The molecule has 1 unspecified atom stereocenters. The molecule has 0 saturated carbocycles. The fraction of sp³-hybridized carbons (Fsp3) is 0.500. The van der Waals surface area contributed by atoms with E-state index < -0.39 is 24.2 Å². The van der Waals surface area contributed by atoms with Crippen LogP contribution in [0.4, 0.5) is 18.9 Å². The first-order chi connectivity index (χ1) is 11.0. The zero-order valence-electron chi connectivity index (χ0n) is 13.9. The summed E-state index contributed by atoms with van der Waals surface area (Å²) in [6.45, 7) is 3.32. The van der Waals surface area contributed by atoms with E-state index in [0.717, 1.165) is 5.69 Å². The molecular formula is C16H20F3N3O2. The van der Waals surface area contributed by atoms with Crippen LogP contribution in [0.3, 0.4) is 0 Å². The van der Waals surface area contributed by atoms with Gasteiger partial charge in [0, 0.05) is 37.5 Å². The Balaban J connectivity index is 2.40. The Morgan fingerprint density at radius 3 is 2.25 bits per heavy atom. The monoisotopic (exact) mass is 343 g/mol. The number of alkyl halides is 3. The van der Waals surface area contributed by atoms with Crippen LogP contribution in [0.25, 0.3) is 0 Å². The summed E-state index contributed by atoms with van der Waals surface area (Å²) in [5, 5.41) is 14.1. The topological polar surface area (TPSA) is 56.1 Å². The fourth-order valence-electron chi connectivity index (χ4n) is 2.35. The zero-order chi connectivity index (χ0) is 18.3. The lowest BCUT2D eigenvalue weighted by Crippen LogP contribution is -2.56. The molecule has 0 bridgehead atoms. The summed E-state index contributed by atoms with van der Waals surface area (Å²) in [7, 11) is 3.61. The van der Waals surface area contributed by atoms with Crippen molar-refractivity contribution >= 4 is 17.3 Å². The summed E-state index contributed by atoms with van der Waals surface area (Å²) < 4.78 is 40.1. The predicted molar refractivity (Wildman–Crippen MR) is 84.8 cm³/mol. The number of hydrazone groups is 1. The Morgan fingerprint density at radius 1 is 1.29 bits per heavy atom. The number of benzene rings is 1. The number of rotatable bonds is 3. The van der Waals surface area contributed by atoms with Gasteiger partial charge in [-0.1, -0.05) is 13.8 Å². The maximum absolute atomic E-state index is 13.4. The van der Waals surface area contributed by atoms with Gasteiger partial charge in [0.25, 0.3) is 11.6 Å². The molecular weight excluding hydrogens is 323 g/mol. The van der Waals surface area contributed by atoms with E-state index in [0.29, 0.717) is 0 Å². The minimum absolute atomic E-state index is 0.0250. The van der Waals surface area contributed by atoms with Crippen molar-refractivity contribution in [1.82, 2.24) is 5.01 Å². The van der Waals surface area contributed by atoms with Crippen molar-refractivity contribution in [2.24, 2.45) is 11.0 Å². The summed E-state index contributed by atoms with van der Waals surface area (Å²) in [5.74, 6) is -1.30. The lowest BCUT2D eigenvalue weighted by atomic mass is 9.98. The Hall–Kier alpha value is -2.09. The van der Waals surface area contributed by atoms with E-state index in [1.54, 1.807) is 45.0 Å². The van der Waals surface area contributed by atoms with Gasteiger partial charge in [-0.25, -0.2) is 0 Å². The largest absolute Gasteiger partial charge is 0.438 e. The van der Waals surface area contributed by atoms with Crippen LogP contribution >= 0.6 is 0 Å². The first kappa shape index (κ1) is 18.3. The average molecular weight is 343 g/mol. The van der Waals surface area contributed by atoms with E-state index in [1.807, 2.05) is 0 Å². The van der Waals surface area contributed by atoms with E-state index >= 15 is 0 Å². The van der Waals surface area contributed by atoms with Crippen LogP contribution in [-0.4, -0.2) is 47.7 Å². The Labute approximate surface area is 138 Å². The summed E-state index contributed by atoms with van der Waals surface area (Å²) in [6.07, 6.45) is -5.75. The van der Waals surface area contributed by atoms with Crippen molar-refractivity contribution in [2.75, 3.05) is 19.0 Å². The summed E-state index contributed by atoms with van der Waals surface area (Å²) in [5.41, 5.74) is -2.36. The van der Waals surface area contributed by atoms with E-state index in [9.17, 15) is 23.1 Å². The van der Waals surface area contributed by atoms with Gasteiger partial charge in [-0.2, -0.15) is 23.3 Å². The third-order valence-electron chi connectivity index (χ3n) is 3.95. The predicted octanol–water partition coefficient (Wildman–Crippen LogP) is 2.86. The Bertz CT molecular complexity index is 654. The molecule has 5 nitrogen and oxygen atoms in total. The second kappa shape index (κ2) is 6.08. The van der Waals surface area contributed by atoms with Gasteiger partial charge in [0.05, 0.1) is 0 Å². The van der Waals surface area contributed by atoms with Gasteiger partial charge < -0.3 is 10.0 Å². The van der Waals surface area contributed by atoms with Crippen LogP contribution < -0.4 is 4.90 Å². The van der Waals surface area contributed by atoms with Crippen LogP contribution in [0.15, 0.2) is 29.4 Å². The molecule has 0 aromatic heterocycles. The first-order valence-corrected chi connectivity index (χ1v) is 7.46. The molecule has 8 heteroatoms. The molecule has 2 rings (SSSR count). The number of halogens is 3. The van der Waals surface area contributed by atoms with E-state index in [2.05, 4.69) is 5.10 Å². The van der Waals surface area contributed by atoms with Crippen molar-refractivity contribution in [1.29, 1.82) is 0 Å². The molecule has 132 valence electrons. The quantitative estimate of drug-likeness (QED) is 0.918. The number of nitrogens with zero attached hydrogens (tertiary/aromatic N) is 3. The van der Waals surface area contributed by atoms with Crippen molar-refractivity contribution in [3.63, 3.8) is 0 Å². The maximum Gasteiger partial charge on any atom is 0.438 e. The minimum atomic E-state index is -5.01. The molecule has 1 aliphatic heterocycles. The molecule has 1 heterocycles. The van der Waals surface area contributed by atoms with Gasteiger partial charge >= 0.3 is 6.18 Å². The molecule has 0 aliphatic carbocycles. The molecule has 1 N–H and O–H groups in total. The normalized spacial score (nSPS) is 21.2. The van der Waals surface area contributed by atoms with Gasteiger partial charge in [0.15, 0.2) is 0 Å². The molecule has 1 aromatic rings. The van der Waals surface area contributed by atoms with Crippen LogP contribution in [-0.2, 0) is 0 Å². The molecule has 1 atom stereocenters. The van der Waals surface area contributed by atoms with Gasteiger partial charge in [-0.05, 0) is 30.2 Å². The average Bonchev–Trinajstić information content (AvgIpc) is 2.86. The highest BCUT2D eigenvalue weighted by Crippen LogP contribution is 2.42. The molecule has 0 saturated heterocycles. The van der Waals surface area contributed by atoms with Gasteiger partial charge in [-0.15, -0.1) is 0 Å². The van der Waals surface area contributed by atoms with Gasteiger partial charge in [-0.3, -0.25) is 4.79 Å². The van der Waals surface area contributed by atoms with E-state index in [4.69, 9.17) is 0 Å². The van der Waals surface area contributed by atoms with Crippen molar-refractivity contribution in [3.8, 4) is 0 Å². The van der Waals surface area contributed by atoms with Crippen LogP contribution in [0, 0.1) is 5.92 Å². The smallest absolute Gasteiger partial charge is 0.378 e. The first-order valence-electron chi connectivity index (χ1n) is 7.46. The zero-order valence-corrected chi connectivity index (χ0v) is 13.9. The van der Waals surface area contributed by atoms with E-state index in [-0.39, 0.29) is 22.2 Å². The molecule has 1 aliphatic rings. The van der Waals surface area contributed by atoms with Crippen molar-refractivity contribution in [2.45, 2.75) is 32.2 Å². The maximum atomic E-state index is 13.4. The highest BCUT2D eigenvalue weighted by Gasteiger charge is 2.63. The number of aliphatic hydroxyl groups is 1. The Morgan fingerprint density at radius 2 is 1.83 bits per heavy atom. The lowest BCUT2D eigenvalue weighted by Gasteiger charge is -2.32. The molecule has 0 radical (unpaired) electrons. The number of hydrogen-bond donors (Lipinski definition) is 1. The SMILES string of the molecule is CC(C)C1=NN(C(=O)c2ccc(N(C)C)cc2)C(O)(C(F)(F)F)C1. The highest BCUT2D eigenvalue weighted by molar-refractivity contribution is 5.99. The molecule has 1 amide bonds. The number of hydrogen-bond acceptors (Lipinski definition) is 4. The molecule has 1 aromatic carbocycles. The second-order valence-electron chi connectivity index (χ2n) is 6.30. The van der Waals surface area contributed by atoms with Gasteiger partial charge in [0.1, 0.15) is 0 Å². The minimum Gasteiger partial charge on any atom is -0.378 e. The van der Waals surface area contributed by atoms with E-state index in [1.165, 1.54) is 12.1 Å². The number of carbonyl (C=O) groups excluding carboxylic acids is 1. The standard InChI is InChI=1S/C16H20F3N3O2/c1-10(2)13-9-15(24,16(17,18)19)22(20-13)14(23)11-5-7-12(8-6-11)21(3)4/h5-8,10,24H,9H2,1-4H3. The van der Waals surface area contributed by atoms with Crippen LogP contribution in [0.2, 0.25) is 0 Å². The summed E-state index contributed by atoms with van der Waals surface area (Å²) in [4.78, 5) is 14.3. The number of amides is 1. The lowest BCUT2D eigenvalue weighted by molar-refractivity contribution is -0.297. The van der Waals surface area contributed by atoms with Crippen molar-refractivity contribution < 1.29 is 23.1 Å². The summed E-state index contributed by atoms with van der Waals surface area (Å²) in [6, 6.07) is 6.06. The molecule has 0 fully saturated rings. The third kappa shape index (κ3) is 3.10. The molecule has 0 spiro atoms. The fourth-order valence-corrected chi connectivity index (χ4v) is 2.35. The highest BCUT2D eigenvalue weighted by atomic mass is 19.4. The molecule has 24 heavy (non-hydrogen) atoms. The number of carbonyl (C=O) groups is 1.